The Kier molecular flexibility index (Phi) is 7.29. The van der Waals surface area contributed by atoms with E-state index in [0.717, 1.165) is 11.1 Å². The monoisotopic (exact) mass is 525 g/mol. The number of ketones is 1. The van der Waals surface area contributed by atoms with Crippen molar-refractivity contribution in [3.05, 3.63) is 92.5 Å². The number of nitrogens with zero attached hydrogens (tertiary/aromatic N) is 1. The fourth-order valence-electron chi connectivity index (χ4n) is 4.31. The van der Waals surface area contributed by atoms with Gasteiger partial charge in [-0.1, -0.05) is 41.4 Å². The van der Waals surface area contributed by atoms with Crippen molar-refractivity contribution in [2.75, 3.05) is 18.6 Å². The molecule has 0 radical (unpaired) electrons. The highest BCUT2D eigenvalue weighted by Crippen LogP contribution is 2.45. The van der Waals surface area contributed by atoms with Crippen molar-refractivity contribution < 1.29 is 24.2 Å². The van der Waals surface area contributed by atoms with Crippen molar-refractivity contribution in [3.8, 4) is 11.5 Å². The molecule has 0 aromatic heterocycles. The van der Waals surface area contributed by atoms with Crippen LogP contribution in [0.1, 0.15) is 35.2 Å². The van der Waals surface area contributed by atoms with Crippen LogP contribution in [0.25, 0.3) is 5.76 Å². The van der Waals surface area contributed by atoms with E-state index in [9.17, 15) is 14.7 Å². The van der Waals surface area contributed by atoms with Crippen molar-refractivity contribution in [1.82, 2.24) is 0 Å². The molecule has 1 N–H and O–H groups in total. The summed E-state index contributed by atoms with van der Waals surface area (Å²) >= 11 is 12.2. The van der Waals surface area contributed by atoms with Crippen molar-refractivity contribution >= 4 is 46.3 Å². The first kappa shape index (κ1) is 25.6. The van der Waals surface area contributed by atoms with Crippen LogP contribution in [0.2, 0.25) is 10.0 Å². The van der Waals surface area contributed by atoms with Crippen molar-refractivity contribution in [2.45, 2.75) is 26.8 Å². The lowest BCUT2D eigenvalue weighted by molar-refractivity contribution is -0.132. The lowest BCUT2D eigenvalue weighted by Crippen LogP contribution is -2.30. The molecule has 1 aliphatic heterocycles. The lowest BCUT2D eigenvalue weighted by Gasteiger charge is -2.27. The third-order valence-electron chi connectivity index (χ3n) is 6.06. The third-order valence-corrected chi connectivity index (χ3v) is 6.80. The van der Waals surface area contributed by atoms with E-state index in [-0.39, 0.29) is 21.9 Å². The summed E-state index contributed by atoms with van der Waals surface area (Å²) in [5.41, 5.74) is 3.08. The molecule has 4 rings (SSSR count). The first-order valence-electron chi connectivity index (χ1n) is 11.3. The van der Waals surface area contributed by atoms with Gasteiger partial charge in [-0.15, -0.1) is 0 Å². The molecule has 0 spiro atoms. The Morgan fingerprint density at radius 2 is 1.72 bits per heavy atom. The predicted molar refractivity (Wildman–Crippen MR) is 141 cm³/mol. The number of hydrogen-bond acceptors (Lipinski definition) is 5. The normalized spacial score (nSPS) is 16.9. The van der Waals surface area contributed by atoms with Gasteiger partial charge >= 0.3 is 0 Å². The van der Waals surface area contributed by atoms with Gasteiger partial charge in [0.15, 0.2) is 11.5 Å². The molecule has 1 amide bonds. The molecule has 8 heteroatoms. The maximum atomic E-state index is 13.5. The van der Waals surface area contributed by atoms with Gasteiger partial charge in [-0.05, 0) is 73.9 Å². The fraction of sp³-hybridized carbons (Fsp3) is 0.214. The maximum absolute atomic E-state index is 13.5. The molecule has 1 heterocycles. The molecule has 36 heavy (non-hydrogen) atoms. The second kappa shape index (κ2) is 10.2. The molecule has 3 aromatic rings. The van der Waals surface area contributed by atoms with Gasteiger partial charge in [-0.25, -0.2) is 0 Å². The predicted octanol–water partition coefficient (Wildman–Crippen LogP) is 6.64. The summed E-state index contributed by atoms with van der Waals surface area (Å²) in [6.07, 6.45) is 0. The summed E-state index contributed by atoms with van der Waals surface area (Å²) in [7, 11) is 1.53. The molecule has 1 aliphatic rings. The Bertz CT molecular complexity index is 1400. The number of rotatable bonds is 6. The highest BCUT2D eigenvalue weighted by Gasteiger charge is 2.47. The zero-order valence-corrected chi connectivity index (χ0v) is 21.8. The van der Waals surface area contributed by atoms with Crippen LogP contribution in [0.3, 0.4) is 0 Å². The van der Waals surface area contributed by atoms with E-state index in [4.69, 9.17) is 32.7 Å². The summed E-state index contributed by atoms with van der Waals surface area (Å²) in [5, 5.41) is 11.9. The van der Waals surface area contributed by atoms with E-state index >= 15 is 0 Å². The number of aliphatic hydroxyl groups excluding tert-OH is 1. The van der Waals surface area contributed by atoms with Crippen LogP contribution in [-0.4, -0.2) is 30.5 Å². The minimum atomic E-state index is -0.926. The minimum Gasteiger partial charge on any atom is -0.507 e. The van der Waals surface area contributed by atoms with Crippen LogP contribution in [0.5, 0.6) is 11.5 Å². The van der Waals surface area contributed by atoms with E-state index in [0.29, 0.717) is 34.4 Å². The largest absolute Gasteiger partial charge is 0.507 e. The first-order chi connectivity index (χ1) is 17.2. The summed E-state index contributed by atoms with van der Waals surface area (Å²) in [6.45, 7) is 6.01. The Balaban J connectivity index is 2.01. The van der Waals surface area contributed by atoms with E-state index in [1.807, 2.05) is 39.0 Å². The Morgan fingerprint density at radius 1 is 0.972 bits per heavy atom. The Hall–Kier alpha value is -3.48. The highest BCUT2D eigenvalue weighted by atomic mass is 35.5. The maximum Gasteiger partial charge on any atom is 0.300 e. The zero-order chi connectivity index (χ0) is 26.1. The molecular weight excluding hydrogens is 501 g/mol. The number of ether oxygens (including phenoxy) is 2. The molecule has 0 saturated carbocycles. The van der Waals surface area contributed by atoms with Gasteiger partial charge in [0.25, 0.3) is 11.7 Å². The molecule has 1 fully saturated rings. The summed E-state index contributed by atoms with van der Waals surface area (Å²) in [6, 6.07) is 14.5. The number of Topliss-reactive ketones (excluding diaryl/α,β-unsaturated/α-hetero) is 1. The smallest absolute Gasteiger partial charge is 0.300 e. The van der Waals surface area contributed by atoms with E-state index in [2.05, 4.69) is 0 Å². The van der Waals surface area contributed by atoms with Gasteiger partial charge in [0.1, 0.15) is 5.76 Å². The second-order valence-electron chi connectivity index (χ2n) is 8.43. The van der Waals surface area contributed by atoms with Crippen LogP contribution >= 0.6 is 23.2 Å². The number of anilines is 1. The molecule has 6 nitrogen and oxygen atoms in total. The zero-order valence-electron chi connectivity index (χ0n) is 20.3. The van der Waals surface area contributed by atoms with E-state index < -0.39 is 17.7 Å². The van der Waals surface area contributed by atoms with Gasteiger partial charge < -0.3 is 14.6 Å². The van der Waals surface area contributed by atoms with Crippen LogP contribution in [0.4, 0.5) is 5.69 Å². The second-order valence-corrected chi connectivity index (χ2v) is 9.25. The minimum absolute atomic E-state index is 0.0630. The molecule has 1 unspecified atom stereocenters. The number of benzene rings is 3. The molecule has 0 aliphatic carbocycles. The number of methoxy groups -OCH3 is 1. The van der Waals surface area contributed by atoms with Crippen LogP contribution in [0.15, 0.2) is 60.2 Å². The van der Waals surface area contributed by atoms with E-state index in [1.54, 1.807) is 24.3 Å². The number of carbonyl (C=O) groups is 2. The van der Waals surface area contributed by atoms with E-state index in [1.165, 1.54) is 24.1 Å². The quantitative estimate of drug-likeness (QED) is 0.221. The summed E-state index contributed by atoms with van der Waals surface area (Å²) in [4.78, 5) is 28.3. The number of carbonyl (C=O) groups excluding carboxylic acids is 2. The average molecular weight is 526 g/mol. The molecule has 186 valence electrons. The lowest BCUT2D eigenvalue weighted by atomic mass is 9.94. The van der Waals surface area contributed by atoms with Gasteiger partial charge in [0.05, 0.1) is 35.4 Å². The number of hydrogen-bond donors (Lipinski definition) is 1. The molecule has 3 aromatic carbocycles. The number of aryl methyl sites for hydroxylation is 2. The van der Waals surface area contributed by atoms with Gasteiger partial charge in [-0.3, -0.25) is 14.5 Å². The third kappa shape index (κ3) is 4.54. The SMILES string of the molecule is CCOc1cc(C2/C(=C(/O)c3ccc(Cl)c(Cl)c3)C(=O)C(=O)N2c2cc(C)ccc2C)ccc1OC. The van der Waals surface area contributed by atoms with Crippen LogP contribution < -0.4 is 14.4 Å². The van der Waals surface area contributed by atoms with Crippen LogP contribution in [0, 0.1) is 13.8 Å². The number of aliphatic hydroxyl groups is 1. The Labute approximate surface area is 219 Å². The van der Waals surface area contributed by atoms with Gasteiger partial charge in [-0.2, -0.15) is 0 Å². The molecule has 1 atom stereocenters. The molecular formula is C28H25Cl2NO5. The van der Waals surface area contributed by atoms with Gasteiger partial charge in [0.2, 0.25) is 0 Å². The van der Waals surface area contributed by atoms with Crippen molar-refractivity contribution in [3.63, 3.8) is 0 Å². The summed E-state index contributed by atoms with van der Waals surface area (Å²) in [5.74, 6) is -0.937. The van der Waals surface area contributed by atoms with Gasteiger partial charge in [0, 0.05) is 11.3 Å². The topological polar surface area (TPSA) is 76.1 Å². The molecule has 0 bridgehead atoms. The number of halogens is 2. The highest BCUT2D eigenvalue weighted by molar-refractivity contribution is 6.52. The first-order valence-corrected chi connectivity index (χ1v) is 12.1. The van der Waals surface area contributed by atoms with Crippen LogP contribution in [-0.2, 0) is 9.59 Å². The van der Waals surface area contributed by atoms with Crippen molar-refractivity contribution in [2.24, 2.45) is 0 Å². The molecule has 1 saturated heterocycles. The Morgan fingerprint density at radius 3 is 2.39 bits per heavy atom. The van der Waals surface area contributed by atoms with Crippen molar-refractivity contribution in [1.29, 1.82) is 0 Å². The standard InChI is InChI=1S/C28H25Cl2NO5/c1-5-36-23-14-17(9-11-22(23)35-4)25-24(26(32)18-8-10-19(29)20(30)13-18)27(33)28(34)31(25)21-12-15(2)6-7-16(21)3/h6-14,25,32H,5H2,1-4H3/b26-24-. The fourth-order valence-corrected chi connectivity index (χ4v) is 4.60. The summed E-state index contributed by atoms with van der Waals surface area (Å²) < 4.78 is 11.2. The average Bonchev–Trinajstić information content (AvgIpc) is 3.12. The number of amides is 1.